The standard InChI is InChI=1S/C6H11.C4H9/c1-2-4-6-5-3-1;1-3-4-2/h1H,2-6H2;1,3-4H2,2H3. The van der Waals surface area contributed by atoms with Crippen molar-refractivity contribution in [3.8, 4) is 0 Å². The van der Waals surface area contributed by atoms with Gasteiger partial charge in [0.15, 0.2) is 0 Å². The number of unbranched alkanes of at least 4 members (excludes halogenated alkanes) is 1. The van der Waals surface area contributed by atoms with Crippen molar-refractivity contribution in [1.82, 2.24) is 0 Å². The van der Waals surface area contributed by atoms with Crippen LogP contribution >= 0.6 is 0 Å². The summed E-state index contributed by atoms with van der Waals surface area (Å²) in [5, 5.41) is 0. The first-order chi connectivity index (χ1) is 4.91. The topological polar surface area (TPSA) is 0 Å². The van der Waals surface area contributed by atoms with E-state index in [-0.39, 0.29) is 0 Å². The Kier molecular flexibility index (Phi) is 9.00. The molecule has 0 atom stereocenters. The fourth-order valence-corrected chi connectivity index (χ4v) is 0.898. The summed E-state index contributed by atoms with van der Waals surface area (Å²) >= 11 is 0. The third kappa shape index (κ3) is 8.00. The maximum atomic E-state index is 3.60. The number of hydrogen-bond donors (Lipinski definition) is 0. The van der Waals surface area contributed by atoms with Gasteiger partial charge in [0.2, 0.25) is 0 Å². The fourth-order valence-electron chi connectivity index (χ4n) is 0.898. The molecule has 0 N–H and O–H groups in total. The van der Waals surface area contributed by atoms with Crippen LogP contribution in [0.3, 0.4) is 0 Å². The van der Waals surface area contributed by atoms with Crippen molar-refractivity contribution >= 4 is 0 Å². The van der Waals surface area contributed by atoms with E-state index in [0.717, 1.165) is 6.42 Å². The van der Waals surface area contributed by atoms with Gasteiger partial charge in [0.25, 0.3) is 0 Å². The van der Waals surface area contributed by atoms with Crippen molar-refractivity contribution in [3.05, 3.63) is 13.3 Å². The third-order valence-electron chi connectivity index (χ3n) is 1.67. The zero-order valence-electron chi connectivity index (χ0n) is 7.23. The lowest BCUT2D eigenvalue weighted by Crippen LogP contribution is -1.87. The Morgan fingerprint density at radius 1 is 1.20 bits per heavy atom. The van der Waals surface area contributed by atoms with Crippen LogP contribution in [0.1, 0.15) is 51.9 Å². The summed E-state index contributed by atoms with van der Waals surface area (Å²) in [7, 11) is 0. The highest BCUT2D eigenvalue weighted by atomic mass is 14.0. The molecule has 0 amide bonds. The largest absolute Gasteiger partial charge is 0.0654 e. The SMILES string of the molecule is [CH2]CCC.[CH]1CCCCC1. The van der Waals surface area contributed by atoms with E-state index in [4.69, 9.17) is 0 Å². The third-order valence-corrected chi connectivity index (χ3v) is 1.67. The summed E-state index contributed by atoms with van der Waals surface area (Å²) in [5.41, 5.74) is 0. The number of hydrogen-bond acceptors (Lipinski definition) is 0. The van der Waals surface area contributed by atoms with Gasteiger partial charge >= 0.3 is 0 Å². The first kappa shape index (κ1) is 10.0. The molecule has 0 saturated heterocycles. The van der Waals surface area contributed by atoms with Crippen LogP contribution in [0.4, 0.5) is 0 Å². The first-order valence-corrected chi connectivity index (χ1v) is 4.52. The van der Waals surface area contributed by atoms with Crippen LogP contribution in [0.25, 0.3) is 0 Å². The molecule has 0 aromatic rings. The van der Waals surface area contributed by atoms with E-state index in [1.807, 2.05) is 0 Å². The van der Waals surface area contributed by atoms with Crippen molar-refractivity contribution in [1.29, 1.82) is 0 Å². The highest BCUT2D eigenvalue weighted by Gasteiger charge is 1.95. The Hall–Kier alpha value is 0. The van der Waals surface area contributed by atoms with E-state index in [2.05, 4.69) is 20.3 Å². The molecule has 1 rings (SSSR count). The molecule has 1 aliphatic carbocycles. The van der Waals surface area contributed by atoms with Crippen molar-refractivity contribution in [3.63, 3.8) is 0 Å². The van der Waals surface area contributed by atoms with Gasteiger partial charge in [0.1, 0.15) is 0 Å². The summed E-state index contributed by atoms with van der Waals surface area (Å²) in [6, 6.07) is 0. The molecule has 0 aliphatic heterocycles. The average Bonchev–Trinajstić information content (AvgIpc) is 2.08. The Morgan fingerprint density at radius 2 is 1.70 bits per heavy atom. The summed E-state index contributed by atoms with van der Waals surface area (Å²) in [6.45, 7) is 5.72. The molecule has 0 spiro atoms. The number of rotatable bonds is 1. The molecule has 0 nitrogen and oxygen atoms in total. The molecule has 0 aromatic carbocycles. The van der Waals surface area contributed by atoms with Gasteiger partial charge in [-0.25, -0.2) is 0 Å². The van der Waals surface area contributed by atoms with E-state index >= 15 is 0 Å². The second-order valence-corrected chi connectivity index (χ2v) is 2.78. The van der Waals surface area contributed by atoms with Gasteiger partial charge in [-0.2, -0.15) is 0 Å². The molecule has 0 unspecified atom stereocenters. The zero-order valence-corrected chi connectivity index (χ0v) is 7.23. The van der Waals surface area contributed by atoms with Crippen molar-refractivity contribution in [2.45, 2.75) is 51.9 Å². The van der Waals surface area contributed by atoms with Crippen molar-refractivity contribution < 1.29 is 0 Å². The quantitative estimate of drug-likeness (QED) is 0.520. The van der Waals surface area contributed by atoms with Crippen LogP contribution in [0.5, 0.6) is 0 Å². The molecule has 0 aromatic heterocycles. The summed E-state index contributed by atoms with van der Waals surface area (Å²) in [5.74, 6) is 0. The maximum Gasteiger partial charge on any atom is -0.0386 e. The van der Waals surface area contributed by atoms with Gasteiger partial charge in [-0.1, -0.05) is 58.8 Å². The summed E-state index contributed by atoms with van der Waals surface area (Å²) in [4.78, 5) is 0. The van der Waals surface area contributed by atoms with Gasteiger partial charge in [-0.15, -0.1) is 0 Å². The monoisotopic (exact) mass is 140 g/mol. The Labute approximate surface area is 66.0 Å². The van der Waals surface area contributed by atoms with Gasteiger partial charge in [0.05, 0.1) is 0 Å². The Bertz CT molecular complexity index is 30.5. The predicted molar refractivity (Wildman–Crippen MR) is 47.7 cm³/mol. The van der Waals surface area contributed by atoms with Gasteiger partial charge in [-0.3, -0.25) is 0 Å². The highest BCUT2D eigenvalue weighted by Crippen LogP contribution is 2.14. The smallest absolute Gasteiger partial charge is 0.0386 e. The van der Waals surface area contributed by atoms with E-state index in [9.17, 15) is 0 Å². The van der Waals surface area contributed by atoms with E-state index in [0.29, 0.717) is 0 Å². The Balaban J connectivity index is 0.000000180. The molecule has 0 heterocycles. The van der Waals surface area contributed by atoms with E-state index in [1.54, 1.807) is 0 Å². The summed E-state index contributed by atoms with van der Waals surface area (Å²) in [6.07, 6.45) is 11.8. The second kappa shape index (κ2) is 9.00. The second-order valence-electron chi connectivity index (χ2n) is 2.78. The predicted octanol–water partition coefficient (Wildman–Crippen LogP) is 3.78. The molecule has 10 heavy (non-hydrogen) atoms. The molecule has 1 aliphatic rings. The highest BCUT2D eigenvalue weighted by molar-refractivity contribution is 4.69. The molecule has 1 saturated carbocycles. The molecule has 1 fully saturated rings. The zero-order chi connectivity index (χ0) is 7.66. The molecule has 2 radical (unpaired) electrons. The van der Waals surface area contributed by atoms with Crippen LogP contribution in [-0.4, -0.2) is 0 Å². The molecule has 60 valence electrons. The van der Waals surface area contributed by atoms with Crippen molar-refractivity contribution in [2.24, 2.45) is 0 Å². The molecule has 0 bridgehead atoms. The molecular formula is C10H20. The average molecular weight is 140 g/mol. The lowest BCUT2D eigenvalue weighted by Gasteiger charge is -2.05. The van der Waals surface area contributed by atoms with Crippen LogP contribution in [-0.2, 0) is 0 Å². The summed E-state index contributed by atoms with van der Waals surface area (Å²) < 4.78 is 0. The van der Waals surface area contributed by atoms with Gasteiger partial charge < -0.3 is 0 Å². The van der Waals surface area contributed by atoms with Crippen molar-refractivity contribution in [2.75, 3.05) is 0 Å². The van der Waals surface area contributed by atoms with Crippen LogP contribution in [0.2, 0.25) is 0 Å². The van der Waals surface area contributed by atoms with E-state index < -0.39 is 0 Å². The minimum atomic E-state index is 1.07. The fraction of sp³-hybridized carbons (Fsp3) is 0.800. The Morgan fingerprint density at radius 3 is 1.80 bits per heavy atom. The lowest BCUT2D eigenvalue weighted by atomic mass is 10.0. The maximum absolute atomic E-state index is 3.60. The van der Waals surface area contributed by atoms with Gasteiger partial charge in [0, 0.05) is 0 Å². The van der Waals surface area contributed by atoms with Gasteiger partial charge in [-0.05, 0) is 6.42 Å². The van der Waals surface area contributed by atoms with Crippen LogP contribution in [0, 0.1) is 13.3 Å². The lowest BCUT2D eigenvalue weighted by molar-refractivity contribution is 0.593. The van der Waals surface area contributed by atoms with Crippen LogP contribution < -0.4 is 0 Å². The molecular weight excluding hydrogens is 120 g/mol. The minimum Gasteiger partial charge on any atom is -0.0654 e. The first-order valence-electron chi connectivity index (χ1n) is 4.52. The van der Waals surface area contributed by atoms with Crippen LogP contribution in [0.15, 0.2) is 0 Å². The van der Waals surface area contributed by atoms with E-state index in [1.165, 1.54) is 38.5 Å². The normalized spacial score (nSPS) is 17.4. The molecule has 0 heteroatoms. The minimum absolute atomic E-state index is 1.07.